The van der Waals surface area contributed by atoms with Crippen LogP contribution in [0.2, 0.25) is 0 Å². The van der Waals surface area contributed by atoms with E-state index in [1.165, 1.54) is 0 Å². The highest BCUT2D eigenvalue weighted by molar-refractivity contribution is 7.89. The zero-order chi connectivity index (χ0) is 17.5. The number of sulfonamides is 1. The quantitative estimate of drug-likeness (QED) is 0.744. The van der Waals surface area contributed by atoms with Crippen LogP contribution in [-0.2, 0) is 14.8 Å². The largest absolute Gasteiger partial charge is 0.343 e. The van der Waals surface area contributed by atoms with Crippen LogP contribution in [0.25, 0.3) is 0 Å². The Labute approximate surface area is 135 Å². The van der Waals surface area contributed by atoms with Crippen molar-refractivity contribution in [3.63, 3.8) is 0 Å². The van der Waals surface area contributed by atoms with Crippen molar-refractivity contribution in [1.82, 2.24) is 9.62 Å². The summed E-state index contributed by atoms with van der Waals surface area (Å²) in [6.07, 6.45) is 1.67. The molecule has 1 aromatic carbocycles. The van der Waals surface area contributed by atoms with Crippen LogP contribution in [0.3, 0.4) is 0 Å². The van der Waals surface area contributed by atoms with Gasteiger partial charge in [0, 0.05) is 26.1 Å². The highest BCUT2D eigenvalue weighted by Gasteiger charge is 2.18. The molecule has 0 aliphatic carbocycles. The maximum absolute atomic E-state index is 13.1. The van der Waals surface area contributed by atoms with Crippen LogP contribution >= 0.6 is 0 Å². The van der Waals surface area contributed by atoms with Crippen LogP contribution in [0, 0.1) is 11.6 Å². The lowest BCUT2D eigenvalue weighted by Crippen LogP contribution is -2.35. The standard InChI is InChI=1S/C15H22F2N2O3S/c1-3-9-19(10-4-2)15(20)7-8-18-23(21,22)12-5-6-13(16)14(17)11-12/h5-6,11,18H,3-4,7-10H2,1-2H3. The van der Waals surface area contributed by atoms with Gasteiger partial charge in [-0.25, -0.2) is 21.9 Å². The third-order valence-electron chi connectivity index (χ3n) is 3.17. The number of nitrogens with zero attached hydrogens (tertiary/aromatic N) is 1. The van der Waals surface area contributed by atoms with Gasteiger partial charge in [-0.3, -0.25) is 4.79 Å². The maximum Gasteiger partial charge on any atom is 0.240 e. The molecule has 130 valence electrons. The molecule has 1 amide bonds. The molecule has 0 atom stereocenters. The predicted octanol–water partition coefficient (Wildman–Crippen LogP) is 2.28. The van der Waals surface area contributed by atoms with Crippen LogP contribution in [0.4, 0.5) is 8.78 Å². The van der Waals surface area contributed by atoms with Crippen molar-refractivity contribution in [2.75, 3.05) is 19.6 Å². The first-order valence-electron chi connectivity index (χ1n) is 7.54. The Morgan fingerprint density at radius 2 is 1.74 bits per heavy atom. The molecule has 8 heteroatoms. The van der Waals surface area contributed by atoms with Crippen LogP contribution in [0.5, 0.6) is 0 Å². The van der Waals surface area contributed by atoms with Gasteiger partial charge in [0.1, 0.15) is 0 Å². The Bertz CT molecular complexity index is 630. The summed E-state index contributed by atoms with van der Waals surface area (Å²) in [7, 11) is -3.97. The van der Waals surface area contributed by atoms with E-state index in [1.807, 2.05) is 13.8 Å². The van der Waals surface area contributed by atoms with E-state index in [4.69, 9.17) is 0 Å². The fourth-order valence-corrected chi connectivity index (χ4v) is 3.12. The van der Waals surface area contributed by atoms with Gasteiger partial charge in [0.2, 0.25) is 15.9 Å². The van der Waals surface area contributed by atoms with E-state index in [1.54, 1.807) is 4.90 Å². The van der Waals surface area contributed by atoms with Crippen molar-refractivity contribution in [2.24, 2.45) is 0 Å². The van der Waals surface area contributed by atoms with Gasteiger partial charge >= 0.3 is 0 Å². The molecule has 0 saturated carbocycles. The number of carbonyl (C=O) groups excluding carboxylic acids is 1. The summed E-state index contributed by atoms with van der Waals surface area (Å²) in [4.78, 5) is 13.3. The Morgan fingerprint density at radius 3 is 2.26 bits per heavy atom. The third kappa shape index (κ3) is 5.87. The molecule has 0 spiro atoms. The smallest absolute Gasteiger partial charge is 0.240 e. The number of halogens is 2. The van der Waals surface area contributed by atoms with Gasteiger partial charge in [-0.05, 0) is 31.0 Å². The molecule has 0 radical (unpaired) electrons. The minimum Gasteiger partial charge on any atom is -0.343 e. The number of rotatable bonds is 9. The summed E-state index contributed by atoms with van der Waals surface area (Å²) in [6.45, 7) is 5.08. The summed E-state index contributed by atoms with van der Waals surface area (Å²) < 4.78 is 52.1. The van der Waals surface area contributed by atoms with E-state index in [0.29, 0.717) is 19.2 Å². The molecule has 1 aromatic rings. The maximum atomic E-state index is 13.1. The summed E-state index contributed by atoms with van der Waals surface area (Å²) in [5, 5.41) is 0. The second-order valence-electron chi connectivity index (χ2n) is 5.10. The molecule has 0 unspecified atom stereocenters. The molecule has 5 nitrogen and oxygen atoms in total. The Kier molecular flexibility index (Phi) is 7.57. The highest BCUT2D eigenvalue weighted by Crippen LogP contribution is 2.13. The predicted molar refractivity (Wildman–Crippen MR) is 83.3 cm³/mol. The molecule has 0 aliphatic heterocycles. The number of carbonyl (C=O) groups is 1. The van der Waals surface area contributed by atoms with Crippen LogP contribution in [0.1, 0.15) is 33.1 Å². The molecule has 23 heavy (non-hydrogen) atoms. The summed E-state index contributed by atoms with van der Waals surface area (Å²) >= 11 is 0. The van der Waals surface area contributed by atoms with Crippen LogP contribution in [-0.4, -0.2) is 38.9 Å². The minimum atomic E-state index is -3.97. The second kappa shape index (κ2) is 8.93. The van der Waals surface area contributed by atoms with Gasteiger partial charge in [-0.2, -0.15) is 0 Å². The van der Waals surface area contributed by atoms with Crippen molar-refractivity contribution in [2.45, 2.75) is 38.0 Å². The molecule has 0 fully saturated rings. The van der Waals surface area contributed by atoms with Gasteiger partial charge in [0.25, 0.3) is 0 Å². The first kappa shape index (κ1) is 19.5. The lowest BCUT2D eigenvalue weighted by atomic mass is 10.3. The molecule has 0 aromatic heterocycles. The molecule has 0 bridgehead atoms. The van der Waals surface area contributed by atoms with E-state index in [0.717, 1.165) is 25.0 Å². The van der Waals surface area contributed by atoms with Gasteiger partial charge in [0.15, 0.2) is 11.6 Å². The van der Waals surface area contributed by atoms with E-state index >= 15 is 0 Å². The van der Waals surface area contributed by atoms with Crippen molar-refractivity contribution in [3.8, 4) is 0 Å². The lowest BCUT2D eigenvalue weighted by molar-refractivity contribution is -0.131. The molecular formula is C15H22F2N2O3S. The van der Waals surface area contributed by atoms with E-state index in [9.17, 15) is 22.0 Å². The average Bonchev–Trinajstić information content (AvgIpc) is 2.49. The number of amides is 1. The zero-order valence-electron chi connectivity index (χ0n) is 13.3. The van der Waals surface area contributed by atoms with E-state index < -0.39 is 21.7 Å². The number of hydrogen-bond donors (Lipinski definition) is 1. The molecule has 0 heterocycles. The fourth-order valence-electron chi connectivity index (χ4n) is 2.08. The number of benzene rings is 1. The normalized spacial score (nSPS) is 11.5. The third-order valence-corrected chi connectivity index (χ3v) is 4.63. The average molecular weight is 348 g/mol. The van der Waals surface area contributed by atoms with Crippen molar-refractivity contribution in [1.29, 1.82) is 0 Å². The number of nitrogens with one attached hydrogen (secondary N) is 1. The Morgan fingerprint density at radius 1 is 1.13 bits per heavy atom. The van der Waals surface area contributed by atoms with Gasteiger partial charge in [-0.1, -0.05) is 13.8 Å². The first-order chi connectivity index (χ1) is 10.8. The summed E-state index contributed by atoms with van der Waals surface area (Å²) in [5.74, 6) is -2.49. The zero-order valence-corrected chi connectivity index (χ0v) is 14.1. The SMILES string of the molecule is CCCN(CCC)C(=O)CCNS(=O)(=O)c1ccc(F)c(F)c1. The molecule has 0 saturated heterocycles. The van der Waals surface area contributed by atoms with E-state index in [-0.39, 0.29) is 23.8 Å². The molecular weight excluding hydrogens is 326 g/mol. The second-order valence-corrected chi connectivity index (χ2v) is 6.87. The molecule has 1 N–H and O–H groups in total. The van der Waals surface area contributed by atoms with Crippen LogP contribution < -0.4 is 4.72 Å². The minimum absolute atomic E-state index is 0.0168. The number of hydrogen-bond acceptors (Lipinski definition) is 3. The van der Waals surface area contributed by atoms with Crippen molar-refractivity contribution < 1.29 is 22.0 Å². The monoisotopic (exact) mass is 348 g/mol. The van der Waals surface area contributed by atoms with E-state index in [2.05, 4.69) is 4.72 Å². The van der Waals surface area contributed by atoms with Gasteiger partial charge < -0.3 is 4.90 Å². The summed E-state index contributed by atoms with van der Waals surface area (Å²) in [6, 6.07) is 2.34. The van der Waals surface area contributed by atoms with Gasteiger partial charge in [0.05, 0.1) is 4.90 Å². The molecule has 0 aliphatic rings. The van der Waals surface area contributed by atoms with Gasteiger partial charge in [-0.15, -0.1) is 0 Å². The fraction of sp³-hybridized carbons (Fsp3) is 0.533. The Balaban J connectivity index is 2.62. The van der Waals surface area contributed by atoms with Crippen molar-refractivity contribution in [3.05, 3.63) is 29.8 Å². The highest BCUT2D eigenvalue weighted by atomic mass is 32.2. The first-order valence-corrected chi connectivity index (χ1v) is 9.02. The lowest BCUT2D eigenvalue weighted by Gasteiger charge is -2.21. The van der Waals surface area contributed by atoms with Crippen molar-refractivity contribution >= 4 is 15.9 Å². The summed E-state index contributed by atoms with van der Waals surface area (Å²) in [5.41, 5.74) is 0. The Hall–Kier alpha value is -1.54. The topological polar surface area (TPSA) is 66.5 Å². The molecule has 1 rings (SSSR count). The van der Waals surface area contributed by atoms with Crippen LogP contribution in [0.15, 0.2) is 23.1 Å².